The van der Waals surface area contributed by atoms with Crippen molar-refractivity contribution >= 4 is 10.8 Å². The van der Waals surface area contributed by atoms with Crippen LogP contribution in [0.3, 0.4) is 0 Å². The molecule has 0 radical (unpaired) electrons. The Kier molecular flexibility index (Phi) is 7.96. The van der Waals surface area contributed by atoms with Gasteiger partial charge in [-0.15, -0.1) is 0 Å². The zero-order valence-corrected chi connectivity index (χ0v) is 10.9. The Hall–Kier alpha value is -1.50. The molecule has 0 unspecified atom stereocenters. The molecule has 0 aliphatic heterocycles. The molecule has 0 aliphatic rings. The van der Waals surface area contributed by atoms with Crippen molar-refractivity contribution in [3.8, 4) is 5.75 Å². The maximum atomic E-state index is 5.23. The van der Waals surface area contributed by atoms with Gasteiger partial charge in [-0.05, 0) is 11.5 Å². The number of benzene rings is 2. The molecule has 0 amide bonds. The summed E-state index contributed by atoms with van der Waals surface area (Å²) in [5.74, 6) is 0.938. The highest BCUT2D eigenvalue weighted by Gasteiger charge is 1.96. The van der Waals surface area contributed by atoms with Gasteiger partial charge in [0.25, 0.3) is 0 Å². The van der Waals surface area contributed by atoms with Gasteiger partial charge in [0.05, 0.1) is 7.11 Å². The number of hydrogen-bond donors (Lipinski definition) is 0. The summed E-state index contributed by atoms with van der Waals surface area (Å²) in [5, 5.41) is 2.39. The Morgan fingerprint density at radius 2 is 1.31 bits per heavy atom. The molecule has 0 atom stereocenters. The Morgan fingerprint density at radius 1 is 0.750 bits per heavy atom. The van der Waals surface area contributed by atoms with Crippen LogP contribution in [0.1, 0.15) is 27.7 Å². The van der Waals surface area contributed by atoms with Crippen LogP contribution >= 0.6 is 0 Å². The Bertz CT molecular complexity index is 388. The summed E-state index contributed by atoms with van der Waals surface area (Å²) in [4.78, 5) is 0. The molecule has 0 heterocycles. The van der Waals surface area contributed by atoms with Gasteiger partial charge in [0.1, 0.15) is 5.75 Å². The van der Waals surface area contributed by atoms with Crippen molar-refractivity contribution in [2.24, 2.45) is 0 Å². The van der Waals surface area contributed by atoms with Gasteiger partial charge in [0.15, 0.2) is 0 Å². The molecule has 0 bridgehead atoms. The smallest absolute Gasteiger partial charge is 0.126 e. The van der Waals surface area contributed by atoms with E-state index in [4.69, 9.17) is 4.74 Å². The molecular formula is C15H22O. The van der Waals surface area contributed by atoms with E-state index in [-0.39, 0.29) is 0 Å². The first-order valence-corrected chi connectivity index (χ1v) is 5.93. The zero-order chi connectivity index (χ0) is 12.4. The van der Waals surface area contributed by atoms with Crippen LogP contribution < -0.4 is 4.74 Å². The average Bonchev–Trinajstić information content (AvgIpc) is 2.42. The van der Waals surface area contributed by atoms with Crippen LogP contribution in [0, 0.1) is 0 Å². The third-order valence-electron chi connectivity index (χ3n) is 1.97. The fourth-order valence-corrected chi connectivity index (χ4v) is 1.37. The van der Waals surface area contributed by atoms with Gasteiger partial charge in [0.2, 0.25) is 0 Å². The maximum Gasteiger partial charge on any atom is 0.126 e. The van der Waals surface area contributed by atoms with Crippen molar-refractivity contribution < 1.29 is 4.74 Å². The van der Waals surface area contributed by atoms with Gasteiger partial charge < -0.3 is 4.74 Å². The highest BCUT2D eigenvalue weighted by atomic mass is 16.5. The monoisotopic (exact) mass is 218 g/mol. The highest BCUT2D eigenvalue weighted by Crippen LogP contribution is 2.24. The van der Waals surface area contributed by atoms with Gasteiger partial charge in [-0.2, -0.15) is 0 Å². The van der Waals surface area contributed by atoms with Crippen molar-refractivity contribution in [3.05, 3.63) is 42.5 Å². The number of methoxy groups -OCH3 is 1. The summed E-state index contributed by atoms with van der Waals surface area (Å²) in [7, 11) is 1.70. The number of ether oxygens (including phenoxy) is 1. The van der Waals surface area contributed by atoms with Crippen LogP contribution in [-0.4, -0.2) is 7.11 Å². The minimum Gasteiger partial charge on any atom is -0.496 e. The lowest BCUT2D eigenvalue weighted by Crippen LogP contribution is -1.83. The molecule has 88 valence electrons. The summed E-state index contributed by atoms with van der Waals surface area (Å²) in [6, 6.07) is 14.2. The zero-order valence-electron chi connectivity index (χ0n) is 10.9. The molecule has 0 aliphatic carbocycles. The van der Waals surface area contributed by atoms with E-state index < -0.39 is 0 Å². The quantitative estimate of drug-likeness (QED) is 0.661. The van der Waals surface area contributed by atoms with E-state index >= 15 is 0 Å². The molecule has 0 saturated carbocycles. The fourth-order valence-electron chi connectivity index (χ4n) is 1.37. The largest absolute Gasteiger partial charge is 0.496 e. The minimum absolute atomic E-state index is 0.938. The first-order valence-electron chi connectivity index (χ1n) is 5.93. The standard InChI is InChI=1S/C11H10O.2C2H6/c1-12-11-8-4-6-9-5-2-3-7-10(9)11;2*1-2/h2-8H,1H3;2*1-2H3. The lowest BCUT2D eigenvalue weighted by molar-refractivity contribution is 0.420. The van der Waals surface area contributed by atoms with Gasteiger partial charge in [0, 0.05) is 5.39 Å². The molecule has 0 fully saturated rings. The molecule has 1 nitrogen and oxygen atoms in total. The lowest BCUT2D eigenvalue weighted by atomic mass is 10.1. The molecule has 0 aromatic heterocycles. The van der Waals surface area contributed by atoms with Crippen LogP contribution in [0.2, 0.25) is 0 Å². The predicted molar refractivity (Wildman–Crippen MR) is 73.2 cm³/mol. The predicted octanol–water partition coefficient (Wildman–Crippen LogP) is 4.90. The van der Waals surface area contributed by atoms with E-state index in [9.17, 15) is 0 Å². The first kappa shape index (κ1) is 14.5. The number of rotatable bonds is 1. The molecular weight excluding hydrogens is 196 g/mol. The first-order chi connectivity index (χ1) is 7.92. The highest BCUT2D eigenvalue weighted by molar-refractivity contribution is 5.88. The van der Waals surface area contributed by atoms with Gasteiger partial charge in [-0.1, -0.05) is 64.1 Å². The van der Waals surface area contributed by atoms with Crippen LogP contribution in [0.5, 0.6) is 5.75 Å². The summed E-state index contributed by atoms with van der Waals surface area (Å²) >= 11 is 0. The third kappa shape index (κ3) is 3.58. The normalized spacial score (nSPS) is 8.31. The third-order valence-corrected chi connectivity index (χ3v) is 1.97. The van der Waals surface area contributed by atoms with E-state index in [1.165, 1.54) is 10.8 Å². The summed E-state index contributed by atoms with van der Waals surface area (Å²) in [6.45, 7) is 8.00. The molecule has 2 rings (SSSR count). The lowest BCUT2D eigenvalue weighted by Gasteiger charge is -2.03. The molecule has 0 N–H and O–H groups in total. The van der Waals surface area contributed by atoms with E-state index in [0.717, 1.165) is 5.75 Å². The van der Waals surface area contributed by atoms with Crippen molar-refractivity contribution in [3.63, 3.8) is 0 Å². The molecule has 1 heteroatoms. The SMILES string of the molecule is CC.CC.COc1cccc2ccccc12. The maximum absolute atomic E-state index is 5.23. The Labute approximate surface area is 99.1 Å². The molecule has 0 saturated heterocycles. The Morgan fingerprint density at radius 3 is 1.94 bits per heavy atom. The molecule has 16 heavy (non-hydrogen) atoms. The van der Waals surface area contributed by atoms with Crippen molar-refractivity contribution in [2.75, 3.05) is 7.11 Å². The van der Waals surface area contributed by atoms with Gasteiger partial charge in [-0.25, -0.2) is 0 Å². The van der Waals surface area contributed by atoms with Crippen LogP contribution in [-0.2, 0) is 0 Å². The van der Waals surface area contributed by atoms with E-state index in [1.54, 1.807) is 7.11 Å². The van der Waals surface area contributed by atoms with E-state index in [0.29, 0.717) is 0 Å². The number of fused-ring (bicyclic) bond motifs is 1. The van der Waals surface area contributed by atoms with Crippen molar-refractivity contribution in [2.45, 2.75) is 27.7 Å². The summed E-state index contributed by atoms with van der Waals surface area (Å²) in [6.07, 6.45) is 0. The van der Waals surface area contributed by atoms with Crippen LogP contribution in [0.25, 0.3) is 10.8 Å². The van der Waals surface area contributed by atoms with Crippen LogP contribution in [0.15, 0.2) is 42.5 Å². The van der Waals surface area contributed by atoms with E-state index in [1.807, 2.05) is 52.0 Å². The number of hydrogen-bond acceptors (Lipinski definition) is 1. The minimum atomic E-state index is 0.938. The fraction of sp³-hybridized carbons (Fsp3) is 0.333. The molecule has 0 spiro atoms. The molecule has 2 aromatic carbocycles. The average molecular weight is 218 g/mol. The van der Waals surface area contributed by atoms with Gasteiger partial charge in [-0.3, -0.25) is 0 Å². The van der Waals surface area contributed by atoms with E-state index in [2.05, 4.69) is 18.2 Å². The van der Waals surface area contributed by atoms with Crippen LogP contribution in [0.4, 0.5) is 0 Å². The van der Waals surface area contributed by atoms with Crippen molar-refractivity contribution in [1.82, 2.24) is 0 Å². The van der Waals surface area contributed by atoms with Crippen molar-refractivity contribution in [1.29, 1.82) is 0 Å². The van der Waals surface area contributed by atoms with Gasteiger partial charge >= 0.3 is 0 Å². The summed E-state index contributed by atoms with van der Waals surface area (Å²) in [5.41, 5.74) is 0. The molecule has 2 aromatic rings. The second-order valence-corrected chi connectivity index (χ2v) is 2.68. The second-order valence-electron chi connectivity index (χ2n) is 2.68. The second kappa shape index (κ2) is 8.78. The Balaban J connectivity index is 0.000000509. The topological polar surface area (TPSA) is 9.23 Å². The summed E-state index contributed by atoms with van der Waals surface area (Å²) < 4.78 is 5.23.